The zero-order valence-electron chi connectivity index (χ0n) is 16.7. The maximum Gasteiger partial charge on any atom is 0.269 e. The van der Waals surface area contributed by atoms with Crippen molar-refractivity contribution < 1.29 is 9.72 Å². The second-order valence-electron chi connectivity index (χ2n) is 7.45. The number of aromatic nitrogens is 1. The lowest BCUT2D eigenvalue weighted by molar-refractivity contribution is -0.384. The molecule has 5 rings (SSSR count). The molecule has 1 amide bonds. The predicted octanol–water partition coefficient (Wildman–Crippen LogP) is 5.91. The Kier molecular flexibility index (Phi) is 4.75. The summed E-state index contributed by atoms with van der Waals surface area (Å²) >= 11 is 1.51. The highest BCUT2D eigenvalue weighted by Crippen LogP contribution is 2.50. The van der Waals surface area contributed by atoms with Crippen LogP contribution in [0.5, 0.6) is 0 Å². The first-order valence-electron chi connectivity index (χ1n) is 9.93. The van der Waals surface area contributed by atoms with E-state index in [1.54, 1.807) is 17.0 Å². The molecule has 2 atom stereocenters. The van der Waals surface area contributed by atoms with Gasteiger partial charge in [-0.15, -0.1) is 11.8 Å². The number of nitro groups is 1. The summed E-state index contributed by atoms with van der Waals surface area (Å²) in [5.41, 5.74) is 4.34. The number of rotatable bonds is 4. The minimum Gasteiger partial charge on any atom is -0.353 e. The Hall–Kier alpha value is -3.58. The predicted molar refractivity (Wildman–Crippen MR) is 124 cm³/mol. The van der Waals surface area contributed by atoms with Crippen LogP contribution < -0.4 is 4.90 Å². The average molecular weight is 430 g/mol. The second-order valence-corrected chi connectivity index (χ2v) is 8.88. The number of hydrogen-bond acceptors (Lipinski definition) is 4. The third kappa shape index (κ3) is 3.27. The van der Waals surface area contributed by atoms with Gasteiger partial charge >= 0.3 is 0 Å². The van der Waals surface area contributed by atoms with Gasteiger partial charge in [0.15, 0.2) is 0 Å². The highest BCUT2D eigenvalue weighted by atomic mass is 32.2. The number of fused-ring (bicyclic) bond motifs is 1. The van der Waals surface area contributed by atoms with Crippen LogP contribution in [-0.2, 0) is 4.79 Å². The zero-order valence-corrected chi connectivity index (χ0v) is 17.5. The molecule has 1 saturated heterocycles. The van der Waals surface area contributed by atoms with E-state index in [9.17, 15) is 14.9 Å². The van der Waals surface area contributed by atoms with E-state index in [1.165, 1.54) is 17.8 Å². The van der Waals surface area contributed by atoms with Gasteiger partial charge in [-0.3, -0.25) is 19.8 Å². The Balaban J connectivity index is 1.73. The van der Waals surface area contributed by atoms with Gasteiger partial charge in [0.05, 0.1) is 21.6 Å². The molecule has 31 heavy (non-hydrogen) atoms. The Labute approximate surface area is 183 Å². The Bertz CT molecular complexity index is 1300. The van der Waals surface area contributed by atoms with Gasteiger partial charge in [0, 0.05) is 28.6 Å². The first-order valence-corrected chi connectivity index (χ1v) is 10.9. The number of nitrogens with zero attached hydrogens (tertiary/aromatic N) is 2. The minimum absolute atomic E-state index is 0.0107. The molecule has 1 fully saturated rings. The zero-order chi connectivity index (χ0) is 21.5. The van der Waals surface area contributed by atoms with E-state index in [2.05, 4.69) is 4.98 Å². The van der Waals surface area contributed by atoms with Crippen molar-refractivity contribution in [3.05, 3.63) is 94.5 Å². The monoisotopic (exact) mass is 429 g/mol. The van der Waals surface area contributed by atoms with Gasteiger partial charge in [-0.25, -0.2) is 0 Å². The fraction of sp³-hybridized carbons (Fsp3) is 0.125. The number of hydrogen-bond donors (Lipinski definition) is 1. The molecule has 0 radical (unpaired) electrons. The summed E-state index contributed by atoms with van der Waals surface area (Å²) in [6.45, 7) is 1.88. The number of H-pyrrole nitrogens is 1. The number of aromatic amines is 1. The van der Waals surface area contributed by atoms with Gasteiger partial charge in [0.1, 0.15) is 5.37 Å². The standard InChI is InChI=1S/C24H19N3O3S/c1-15-23(28)26(24(31-15)17-10-7-11-18(14-17)27(29)30)22-19-12-5-6-13-20(19)25-21(22)16-8-3-2-4-9-16/h2-15,24-25H,1H3. The summed E-state index contributed by atoms with van der Waals surface area (Å²) < 4.78 is 0. The largest absolute Gasteiger partial charge is 0.353 e. The van der Waals surface area contributed by atoms with E-state index in [0.717, 1.165) is 33.4 Å². The molecular weight excluding hydrogens is 410 g/mol. The lowest BCUT2D eigenvalue weighted by Crippen LogP contribution is -2.30. The SMILES string of the molecule is CC1SC(c2cccc([N+](=O)[O-])c2)N(c2c(-c3ccccc3)[nH]c3ccccc23)C1=O. The number of amides is 1. The molecule has 2 heterocycles. The number of nitro benzene ring substituents is 1. The number of benzene rings is 3. The van der Waals surface area contributed by atoms with Crippen molar-refractivity contribution in [1.29, 1.82) is 0 Å². The van der Waals surface area contributed by atoms with Crippen LogP contribution in [-0.4, -0.2) is 21.1 Å². The second kappa shape index (κ2) is 7.59. The van der Waals surface area contributed by atoms with Crippen molar-refractivity contribution >= 4 is 39.9 Å². The summed E-state index contributed by atoms with van der Waals surface area (Å²) in [6.07, 6.45) is 0. The molecule has 2 unspecified atom stereocenters. The van der Waals surface area contributed by atoms with Crippen LogP contribution in [0.15, 0.2) is 78.9 Å². The Morgan fingerprint density at radius 1 is 1.00 bits per heavy atom. The van der Waals surface area contributed by atoms with Crippen LogP contribution in [0.2, 0.25) is 0 Å². The highest BCUT2D eigenvalue weighted by Gasteiger charge is 2.42. The fourth-order valence-corrected chi connectivity index (χ4v) is 5.31. The van der Waals surface area contributed by atoms with Gasteiger partial charge in [-0.05, 0) is 18.6 Å². The molecule has 1 aromatic heterocycles. The number of non-ortho nitro benzene ring substituents is 1. The first kappa shape index (κ1) is 19.4. The summed E-state index contributed by atoms with van der Waals surface area (Å²) in [5.74, 6) is -0.0107. The van der Waals surface area contributed by atoms with Crippen LogP contribution in [0.25, 0.3) is 22.2 Å². The van der Waals surface area contributed by atoms with Gasteiger partial charge < -0.3 is 4.98 Å². The van der Waals surface area contributed by atoms with Crippen LogP contribution in [0.3, 0.4) is 0 Å². The molecule has 1 N–H and O–H groups in total. The first-order chi connectivity index (χ1) is 15.0. The van der Waals surface area contributed by atoms with Crippen LogP contribution in [0.1, 0.15) is 17.9 Å². The molecule has 7 heteroatoms. The van der Waals surface area contributed by atoms with Crippen molar-refractivity contribution in [2.24, 2.45) is 0 Å². The lowest BCUT2D eigenvalue weighted by Gasteiger charge is -2.25. The molecule has 154 valence electrons. The van der Waals surface area contributed by atoms with Crippen molar-refractivity contribution in [2.45, 2.75) is 17.5 Å². The molecule has 6 nitrogen and oxygen atoms in total. The fourth-order valence-electron chi connectivity index (χ4n) is 4.06. The molecule has 0 bridgehead atoms. The van der Waals surface area contributed by atoms with Crippen molar-refractivity contribution in [3.63, 3.8) is 0 Å². The van der Waals surface area contributed by atoms with Crippen LogP contribution in [0, 0.1) is 10.1 Å². The van der Waals surface area contributed by atoms with Gasteiger partial charge in [0.2, 0.25) is 5.91 Å². The van der Waals surface area contributed by atoms with E-state index >= 15 is 0 Å². The smallest absolute Gasteiger partial charge is 0.269 e. The molecule has 3 aromatic carbocycles. The topological polar surface area (TPSA) is 79.2 Å². The number of nitrogens with one attached hydrogen (secondary N) is 1. The Morgan fingerprint density at radius 3 is 2.52 bits per heavy atom. The average Bonchev–Trinajstić information content (AvgIpc) is 3.31. The molecule has 1 aliphatic rings. The molecule has 0 spiro atoms. The quantitative estimate of drug-likeness (QED) is 0.323. The molecular formula is C24H19N3O3S. The summed E-state index contributed by atoms with van der Waals surface area (Å²) in [7, 11) is 0. The van der Waals surface area contributed by atoms with Crippen molar-refractivity contribution in [3.8, 4) is 11.3 Å². The van der Waals surface area contributed by atoms with E-state index in [4.69, 9.17) is 0 Å². The van der Waals surface area contributed by atoms with Crippen LogP contribution in [0.4, 0.5) is 11.4 Å². The number of thioether (sulfide) groups is 1. The lowest BCUT2D eigenvalue weighted by atomic mass is 10.1. The number of para-hydroxylation sites is 1. The normalized spacial score (nSPS) is 18.6. The molecule has 0 saturated carbocycles. The molecule has 0 aliphatic carbocycles. The number of anilines is 1. The van der Waals surface area contributed by atoms with Crippen molar-refractivity contribution in [2.75, 3.05) is 4.90 Å². The van der Waals surface area contributed by atoms with Gasteiger partial charge in [-0.2, -0.15) is 0 Å². The van der Waals surface area contributed by atoms with Gasteiger partial charge in [-0.1, -0.05) is 60.7 Å². The number of carbonyl (C=O) groups is 1. The maximum atomic E-state index is 13.4. The Morgan fingerprint density at radius 2 is 1.74 bits per heavy atom. The molecule has 1 aliphatic heterocycles. The minimum atomic E-state index is -0.403. The van der Waals surface area contributed by atoms with Gasteiger partial charge in [0.25, 0.3) is 5.69 Å². The van der Waals surface area contributed by atoms with E-state index in [1.807, 2.05) is 67.6 Å². The summed E-state index contributed by atoms with van der Waals surface area (Å²) in [5, 5.41) is 11.7. The molecule has 4 aromatic rings. The summed E-state index contributed by atoms with van der Waals surface area (Å²) in [4.78, 5) is 29.6. The third-order valence-electron chi connectivity index (χ3n) is 5.50. The van der Waals surface area contributed by atoms with E-state index in [0.29, 0.717) is 0 Å². The highest BCUT2D eigenvalue weighted by molar-refractivity contribution is 8.01. The van der Waals surface area contributed by atoms with E-state index in [-0.39, 0.29) is 22.2 Å². The maximum absolute atomic E-state index is 13.4. The number of carbonyl (C=O) groups excluding carboxylic acids is 1. The van der Waals surface area contributed by atoms with E-state index < -0.39 is 4.92 Å². The third-order valence-corrected chi connectivity index (χ3v) is 6.85. The van der Waals surface area contributed by atoms with Crippen molar-refractivity contribution in [1.82, 2.24) is 4.98 Å². The summed E-state index contributed by atoms with van der Waals surface area (Å²) in [6, 6.07) is 24.4. The van der Waals surface area contributed by atoms with Crippen LogP contribution >= 0.6 is 11.8 Å².